The highest BCUT2D eigenvalue weighted by Gasteiger charge is 2.11. The molecule has 1 aliphatic rings. The highest BCUT2D eigenvalue weighted by molar-refractivity contribution is 9.10. The van der Waals surface area contributed by atoms with E-state index in [-0.39, 0.29) is 6.61 Å². The number of hydrogen-bond donors (Lipinski definition) is 1. The van der Waals surface area contributed by atoms with E-state index in [1.165, 1.54) is 25.9 Å². The summed E-state index contributed by atoms with van der Waals surface area (Å²) >= 11 is 3.38. The van der Waals surface area contributed by atoms with Crippen molar-refractivity contribution >= 4 is 15.9 Å². The van der Waals surface area contributed by atoms with E-state index in [1.807, 2.05) is 18.2 Å². The van der Waals surface area contributed by atoms with Crippen molar-refractivity contribution in [3.05, 3.63) is 28.2 Å². The van der Waals surface area contributed by atoms with Crippen molar-refractivity contribution in [1.29, 1.82) is 0 Å². The minimum Gasteiger partial charge on any atom is -0.492 e. The third kappa shape index (κ3) is 3.69. The number of aliphatic hydroxyl groups excluding tert-OH is 1. The van der Waals surface area contributed by atoms with Crippen molar-refractivity contribution in [2.75, 3.05) is 26.2 Å². The molecule has 1 aromatic carbocycles. The van der Waals surface area contributed by atoms with Crippen LogP contribution in [-0.4, -0.2) is 36.2 Å². The zero-order chi connectivity index (χ0) is 12.1. The summed E-state index contributed by atoms with van der Waals surface area (Å²) in [6.45, 7) is 4.06. The van der Waals surface area contributed by atoms with Crippen LogP contribution >= 0.6 is 15.9 Å². The van der Waals surface area contributed by atoms with Crippen molar-refractivity contribution in [3.8, 4) is 5.75 Å². The molecule has 2 rings (SSSR count). The highest BCUT2D eigenvalue weighted by atomic mass is 79.9. The SMILES string of the molecule is OCc1cc(Br)ccc1OCCN1CCCC1. The van der Waals surface area contributed by atoms with E-state index in [0.717, 1.165) is 22.3 Å². The van der Waals surface area contributed by atoms with Crippen LogP contribution in [0.3, 0.4) is 0 Å². The van der Waals surface area contributed by atoms with Gasteiger partial charge in [0.15, 0.2) is 0 Å². The molecule has 1 N–H and O–H groups in total. The minimum atomic E-state index is 0.0124. The van der Waals surface area contributed by atoms with E-state index >= 15 is 0 Å². The Morgan fingerprint density at radius 3 is 2.76 bits per heavy atom. The number of ether oxygens (including phenoxy) is 1. The van der Waals surface area contributed by atoms with Gasteiger partial charge in [-0.25, -0.2) is 0 Å². The lowest BCUT2D eigenvalue weighted by molar-refractivity contribution is 0.227. The van der Waals surface area contributed by atoms with Gasteiger partial charge in [-0.3, -0.25) is 4.90 Å². The zero-order valence-electron chi connectivity index (χ0n) is 9.86. The van der Waals surface area contributed by atoms with Gasteiger partial charge in [-0.2, -0.15) is 0 Å². The van der Waals surface area contributed by atoms with E-state index in [9.17, 15) is 5.11 Å². The van der Waals surface area contributed by atoms with E-state index in [1.54, 1.807) is 0 Å². The second-order valence-electron chi connectivity index (χ2n) is 4.31. The standard InChI is InChI=1S/C13H18BrNO2/c14-12-3-4-13(11(9-12)10-16)17-8-7-15-5-1-2-6-15/h3-4,9,16H,1-2,5-8,10H2. The molecule has 94 valence electrons. The zero-order valence-corrected chi connectivity index (χ0v) is 11.4. The fourth-order valence-corrected chi connectivity index (χ4v) is 2.51. The van der Waals surface area contributed by atoms with E-state index in [2.05, 4.69) is 20.8 Å². The van der Waals surface area contributed by atoms with Gasteiger partial charge in [0.2, 0.25) is 0 Å². The molecule has 4 heteroatoms. The first-order chi connectivity index (χ1) is 8.29. The number of benzene rings is 1. The van der Waals surface area contributed by atoms with Crippen molar-refractivity contribution in [1.82, 2.24) is 4.90 Å². The van der Waals surface area contributed by atoms with Crippen LogP contribution < -0.4 is 4.74 Å². The average Bonchev–Trinajstić information content (AvgIpc) is 2.84. The number of likely N-dealkylation sites (tertiary alicyclic amines) is 1. The molecule has 0 amide bonds. The average molecular weight is 300 g/mol. The molecular weight excluding hydrogens is 282 g/mol. The summed E-state index contributed by atoms with van der Waals surface area (Å²) in [4.78, 5) is 2.41. The fraction of sp³-hybridized carbons (Fsp3) is 0.538. The van der Waals surface area contributed by atoms with Crippen molar-refractivity contribution < 1.29 is 9.84 Å². The third-order valence-electron chi connectivity index (χ3n) is 3.06. The Balaban J connectivity index is 1.85. The minimum absolute atomic E-state index is 0.0124. The van der Waals surface area contributed by atoms with Crippen molar-refractivity contribution in [3.63, 3.8) is 0 Å². The number of rotatable bonds is 5. The second-order valence-corrected chi connectivity index (χ2v) is 5.22. The number of nitrogens with zero attached hydrogens (tertiary/aromatic N) is 1. The Labute approximate surface area is 111 Å². The summed E-state index contributed by atoms with van der Waals surface area (Å²) in [6.07, 6.45) is 2.61. The van der Waals surface area contributed by atoms with Crippen LogP contribution in [0.25, 0.3) is 0 Å². The molecule has 1 aliphatic heterocycles. The lowest BCUT2D eigenvalue weighted by Gasteiger charge is -2.16. The number of hydrogen-bond acceptors (Lipinski definition) is 3. The lowest BCUT2D eigenvalue weighted by atomic mass is 10.2. The second kappa shape index (κ2) is 6.38. The molecule has 0 saturated carbocycles. The first-order valence-corrected chi connectivity index (χ1v) is 6.83. The molecule has 1 saturated heterocycles. The third-order valence-corrected chi connectivity index (χ3v) is 3.55. The van der Waals surface area contributed by atoms with E-state index in [0.29, 0.717) is 6.61 Å². The quantitative estimate of drug-likeness (QED) is 0.906. The molecule has 0 atom stereocenters. The molecule has 3 nitrogen and oxygen atoms in total. The predicted octanol–water partition coefficient (Wildman–Crippen LogP) is 2.42. The molecule has 0 radical (unpaired) electrons. The molecule has 0 bridgehead atoms. The van der Waals surface area contributed by atoms with Gasteiger partial charge in [-0.15, -0.1) is 0 Å². The van der Waals surface area contributed by atoms with Crippen LogP contribution in [0.4, 0.5) is 0 Å². The van der Waals surface area contributed by atoms with Gasteiger partial charge in [0.25, 0.3) is 0 Å². The molecule has 1 aromatic rings. The summed E-state index contributed by atoms with van der Waals surface area (Å²) in [7, 11) is 0. The largest absolute Gasteiger partial charge is 0.492 e. The van der Waals surface area contributed by atoms with Gasteiger partial charge in [0, 0.05) is 16.6 Å². The van der Waals surface area contributed by atoms with E-state index < -0.39 is 0 Å². The molecule has 1 fully saturated rings. The van der Waals surface area contributed by atoms with Crippen molar-refractivity contribution in [2.45, 2.75) is 19.4 Å². The van der Waals surface area contributed by atoms with Crippen LogP contribution in [0.15, 0.2) is 22.7 Å². The van der Waals surface area contributed by atoms with Gasteiger partial charge in [-0.05, 0) is 44.1 Å². The molecule has 0 spiro atoms. The fourth-order valence-electron chi connectivity index (χ4n) is 2.10. The maximum absolute atomic E-state index is 9.24. The first kappa shape index (κ1) is 12.9. The molecular formula is C13H18BrNO2. The summed E-state index contributed by atoms with van der Waals surface area (Å²) in [5, 5.41) is 9.24. The predicted molar refractivity (Wildman–Crippen MR) is 71.2 cm³/mol. The Morgan fingerprint density at radius 2 is 2.06 bits per heavy atom. The highest BCUT2D eigenvalue weighted by Crippen LogP contribution is 2.23. The Kier molecular flexibility index (Phi) is 4.83. The van der Waals surface area contributed by atoms with Crippen LogP contribution in [0.2, 0.25) is 0 Å². The Hall–Kier alpha value is -0.580. The van der Waals surface area contributed by atoms with Gasteiger partial charge in [0.05, 0.1) is 6.61 Å². The maximum atomic E-state index is 9.24. The summed E-state index contributed by atoms with van der Waals surface area (Å²) in [6, 6.07) is 5.73. The maximum Gasteiger partial charge on any atom is 0.124 e. The van der Waals surface area contributed by atoms with Crippen LogP contribution in [0, 0.1) is 0 Å². The smallest absolute Gasteiger partial charge is 0.124 e. The molecule has 1 heterocycles. The van der Waals surface area contributed by atoms with Gasteiger partial charge in [0.1, 0.15) is 12.4 Å². The molecule has 0 unspecified atom stereocenters. The van der Waals surface area contributed by atoms with Gasteiger partial charge in [-0.1, -0.05) is 15.9 Å². The van der Waals surface area contributed by atoms with Crippen LogP contribution in [0.1, 0.15) is 18.4 Å². The number of halogens is 1. The summed E-state index contributed by atoms with van der Waals surface area (Å²) in [5.74, 6) is 0.787. The molecule has 0 aliphatic carbocycles. The normalized spacial score (nSPS) is 16.4. The van der Waals surface area contributed by atoms with Gasteiger partial charge < -0.3 is 9.84 Å². The molecule has 17 heavy (non-hydrogen) atoms. The summed E-state index contributed by atoms with van der Waals surface area (Å²) in [5.41, 5.74) is 0.834. The molecule has 0 aromatic heterocycles. The Bertz CT molecular complexity index is 364. The topological polar surface area (TPSA) is 32.7 Å². The van der Waals surface area contributed by atoms with Crippen molar-refractivity contribution in [2.24, 2.45) is 0 Å². The lowest BCUT2D eigenvalue weighted by Crippen LogP contribution is -2.25. The van der Waals surface area contributed by atoms with Gasteiger partial charge >= 0.3 is 0 Å². The summed E-state index contributed by atoms with van der Waals surface area (Å²) < 4.78 is 6.69. The Morgan fingerprint density at radius 1 is 1.29 bits per heavy atom. The monoisotopic (exact) mass is 299 g/mol. The van der Waals surface area contributed by atoms with E-state index in [4.69, 9.17) is 4.74 Å². The van der Waals surface area contributed by atoms with Crippen LogP contribution in [0.5, 0.6) is 5.75 Å². The van der Waals surface area contributed by atoms with Crippen LogP contribution in [-0.2, 0) is 6.61 Å². The number of aliphatic hydroxyl groups is 1. The first-order valence-electron chi connectivity index (χ1n) is 6.04.